The molecule has 0 spiro atoms. The Balaban J connectivity index is 0.000000194. The molecular weight excluding hydrogens is 397 g/mol. The van der Waals surface area contributed by atoms with E-state index in [1.165, 1.54) is 9.79 Å². The van der Waals surface area contributed by atoms with Crippen molar-refractivity contribution in [1.82, 2.24) is 0 Å². The summed E-state index contributed by atoms with van der Waals surface area (Å²) in [6.45, 7) is 0. The Bertz CT molecular complexity index is 921. The van der Waals surface area contributed by atoms with Gasteiger partial charge >= 0.3 is 6.18 Å². The summed E-state index contributed by atoms with van der Waals surface area (Å²) in [5.41, 5.74) is -1.37. The van der Waals surface area contributed by atoms with Crippen LogP contribution in [0.15, 0.2) is 99.6 Å². The van der Waals surface area contributed by atoms with E-state index in [1.807, 2.05) is 12.1 Å². The van der Waals surface area contributed by atoms with E-state index in [-0.39, 0.29) is 0 Å². The molecule has 3 nitrogen and oxygen atoms in total. The molecular formula is C19H15F3O3S2. The summed E-state index contributed by atoms with van der Waals surface area (Å²) < 4.78 is 66.2. The van der Waals surface area contributed by atoms with Crippen LogP contribution >= 0.6 is 11.8 Å². The van der Waals surface area contributed by atoms with Crippen LogP contribution in [-0.2, 0) is 16.3 Å². The Morgan fingerprint density at radius 3 is 1.48 bits per heavy atom. The van der Waals surface area contributed by atoms with E-state index in [0.717, 1.165) is 12.1 Å². The maximum Gasteiger partial charge on any atom is 0.417 e. The lowest BCUT2D eigenvalue weighted by Gasteiger charge is -2.09. The summed E-state index contributed by atoms with van der Waals surface area (Å²) in [6, 6.07) is 24.2. The first-order valence-corrected chi connectivity index (χ1v) is 9.85. The molecule has 0 fully saturated rings. The second kappa shape index (κ2) is 9.07. The molecule has 0 aliphatic heterocycles. The Labute approximate surface area is 159 Å². The van der Waals surface area contributed by atoms with Gasteiger partial charge < -0.3 is 0 Å². The quantitative estimate of drug-likeness (QED) is 0.553. The first kappa shape index (κ1) is 21.0. The summed E-state index contributed by atoms with van der Waals surface area (Å²) in [4.78, 5) is 1.44. The van der Waals surface area contributed by atoms with E-state index < -0.39 is 26.8 Å². The van der Waals surface area contributed by atoms with Gasteiger partial charge in [0.25, 0.3) is 10.1 Å². The fraction of sp³-hybridized carbons (Fsp3) is 0.0526. The number of rotatable bonds is 3. The molecule has 0 aliphatic rings. The first-order valence-electron chi connectivity index (χ1n) is 7.59. The third-order valence-corrected chi connectivity index (χ3v) is 5.12. The van der Waals surface area contributed by atoms with Crippen LogP contribution in [0.3, 0.4) is 0 Å². The van der Waals surface area contributed by atoms with Gasteiger partial charge in [0, 0.05) is 9.79 Å². The topological polar surface area (TPSA) is 54.4 Å². The third-order valence-electron chi connectivity index (χ3n) is 3.19. The van der Waals surface area contributed by atoms with Crippen molar-refractivity contribution in [2.24, 2.45) is 0 Å². The Morgan fingerprint density at radius 2 is 1.11 bits per heavy atom. The van der Waals surface area contributed by atoms with E-state index in [0.29, 0.717) is 12.1 Å². The predicted octanol–water partition coefficient (Wildman–Crippen LogP) is 5.79. The van der Waals surface area contributed by atoms with Crippen LogP contribution in [0.2, 0.25) is 0 Å². The SMILES string of the molecule is O=S(=O)(O)c1ccccc1C(F)(F)F.c1ccc(Sc2ccccc2)cc1. The van der Waals surface area contributed by atoms with Crippen LogP contribution < -0.4 is 0 Å². The highest BCUT2D eigenvalue weighted by Gasteiger charge is 2.36. The van der Waals surface area contributed by atoms with Gasteiger partial charge in [-0.15, -0.1) is 0 Å². The van der Waals surface area contributed by atoms with E-state index in [4.69, 9.17) is 4.55 Å². The summed E-state index contributed by atoms with van der Waals surface area (Å²) >= 11 is 1.79. The van der Waals surface area contributed by atoms with Crippen molar-refractivity contribution in [2.75, 3.05) is 0 Å². The Hall–Kier alpha value is -2.29. The largest absolute Gasteiger partial charge is 0.417 e. The van der Waals surface area contributed by atoms with Crippen LogP contribution in [0.25, 0.3) is 0 Å². The highest BCUT2D eigenvalue weighted by molar-refractivity contribution is 7.99. The zero-order valence-electron chi connectivity index (χ0n) is 13.8. The van der Waals surface area contributed by atoms with Crippen molar-refractivity contribution in [3.8, 4) is 0 Å². The maximum absolute atomic E-state index is 12.2. The lowest BCUT2D eigenvalue weighted by atomic mass is 10.2. The molecule has 0 saturated heterocycles. The molecule has 1 N–H and O–H groups in total. The van der Waals surface area contributed by atoms with E-state index >= 15 is 0 Å². The third kappa shape index (κ3) is 6.74. The Morgan fingerprint density at radius 1 is 0.704 bits per heavy atom. The molecule has 0 radical (unpaired) electrons. The molecule has 142 valence electrons. The smallest absolute Gasteiger partial charge is 0.282 e. The van der Waals surface area contributed by atoms with Crippen molar-refractivity contribution in [3.63, 3.8) is 0 Å². The maximum atomic E-state index is 12.2. The van der Waals surface area contributed by atoms with Crippen molar-refractivity contribution in [3.05, 3.63) is 90.5 Å². The summed E-state index contributed by atoms with van der Waals surface area (Å²) in [7, 11) is -4.84. The number of halogens is 3. The van der Waals surface area contributed by atoms with Gasteiger partial charge in [-0.2, -0.15) is 21.6 Å². The van der Waals surface area contributed by atoms with Crippen LogP contribution in [0.1, 0.15) is 5.56 Å². The number of hydrogen-bond donors (Lipinski definition) is 1. The van der Waals surface area contributed by atoms with Gasteiger partial charge in [-0.25, -0.2) is 0 Å². The minimum atomic E-state index is -4.84. The van der Waals surface area contributed by atoms with Crippen molar-refractivity contribution in [2.45, 2.75) is 20.9 Å². The van der Waals surface area contributed by atoms with Gasteiger partial charge in [0.2, 0.25) is 0 Å². The molecule has 3 aromatic carbocycles. The molecule has 0 heterocycles. The van der Waals surface area contributed by atoms with Crippen LogP contribution in [0.5, 0.6) is 0 Å². The fourth-order valence-corrected chi connectivity index (χ4v) is 3.61. The molecule has 0 aromatic heterocycles. The second-order valence-corrected chi connectivity index (χ2v) is 7.73. The minimum Gasteiger partial charge on any atom is -0.282 e. The predicted molar refractivity (Wildman–Crippen MR) is 98.3 cm³/mol. The molecule has 0 aliphatic carbocycles. The average molecular weight is 412 g/mol. The second-order valence-electron chi connectivity index (χ2n) is 5.20. The molecule has 3 rings (SSSR count). The van der Waals surface area contributed by atoms with Crippen molar-refractivity contribution < 1.29 is 26.1 Å². The highest BCUT2D eigenvalue weighted by atomic mass is 32.2. The molecule has 8 heteroatoms. The van der Waals surface area contributed by atoms with Gasteiger partial charge in [0.15, 0.2) is 0 Å². The van der Waals surface area contributed by atoms with Gasteiger partial charge in [0.05, 0.1) is 5.56 Å². The van der Waals surface area contributed by atoms with Crippen molar-refractivity contribution in [1.29, 1.82) is 0 Å². The molecule has 0 amide bonds. The number of benzene rings is 3. The lowest BCUT2D eigenvalue weighted by molar-refractivity contribution is -0.140. The highest BCUT2D eigenvalue weighted by Crippen LogP contribution is 2.33. The van der Waals surface area contributed by atoms with Gasteiger partial charge in [-0.05, 0) is 36.4 Å². The van der Waals surface area contributed by atoms with E-state index in [9.17, 15) is 21.6 Å². The Kier molecular flexibility index (Phi) is 7.06. The number of hydrogen-bond acceptors (Lipinski definition) is 3. The standard InChI is InChI=1S/C12H10S.C7H5F3O3S/c1-3-7-11(8-4-1)13-12-9-5-2-6-10-12;8-7(9,10)5-3-1-2-4-6(5)14(11,12)13/h1-10H;1-4H,(H,11,12,13). The molecule has 0 saturated carbocycles. The van der Waals surface area contributed by atoms with Gasteiger partial charge in [-0.1, -0.05) is 60.3 Å². The minimum absolute atomic E-state index is 0.586. The van der Waals surface area contributed by atoms with Crippen LogP contribution in [0.4, 0.5) is 13.2 Å². The van der Waals surface area contributed by atoms with Crippen molar-refractivity contribution >= 4 is 21.9 Å². The van der Waals surface area contributed by atoms with Crippen LogP contribution in [0, 0.1) is 0 Å². The zero-order valence-corrected chi connectivity index (χ0v) is 15.4. The van der Waals surface area contributed by atoms with Crippen LogP contribution in [-0.4, -0.2) is 13.0 Å². The molecule has 3 aromatic rings. The van der Waals surface area contributed by atoms with Gasteiger partial charge in [0.1, 0.15) is 4.90 Å². The van der Waals surface area contributed by atoms with Gasteiger partial charge in [-0.3, -0.25) is 4.55 Å². The normalized spacial score (nSPS) is 11.4. The summed E-state index contributed by atoms with van der Waals surface area (Å²) in [5.74, 6) is 0. The molecule has 0 atom stereocenters. The lowest BCUT2D eigenvalue weighted by Crippen LogP contribution is -2.12. The average Bonchev–Trinajstić information content (AvgIpc) is 2.63. The van der Waals surface area contributed by atoms with E-state index in [1.54, 1.807) is 11.8 Å². The molecule has 27 heavy (non-hydrogen) atoms. The fourth-order valence-electron chi connectivity index (χ4n) is 2.04. The summed E-state index contributed by atoms with van der Waals surface area (Å²) in [5, 5.41) is 0. The molecule has 0 unspecified atom stereocenters. The summed E-state index contributed by atoms with van der Waals surface area (Å²) in [6.07, 6.45) is -4.80. The zero-order chi connectivity index (χ0) is 19.9. The monoisotopic (exact) mass is 412 g/mol. The molecule has 0 bridgehead atoms. The number of alkyl halides is 3. The first-order chi connectivity index (χ1) is 12.7. The van der Waals surface area contributed by atoms with E-state index in [2.05, 4.69) is 48.5 Å².